The van der Waals surface area contributed by atoms with Gasteiger partial charge >= 0.3 is 0 Å². The van der Waals surface area contributed by atoms with Crippen LogP contribution in [-0.2, 0) is 21.7 Å². The maximum atomic E-state index is 2.71. The SMILES string of the molecule is Cc1cc2c3c(c1)N(c1ccccc1C)c1cc4c(cc1B3c1cc3c(cc1N2c1cc2c(cc1C)C(C)(C)CCC2(C)C)C(C)(C)CC3(C)C)sc1ccccc14. The van der Waals surface area contributed by atoms with Crippen molar-refractivity contribution < 1.29 is 0 Å². The van der Waals surface area contributed by atoms with E-state index in [1.54, 1.807) is 0 Å². The highest BCUT2D eigenvalue weighted by Gasteiger charge is 2.49. The van der Waals surface area contributed by atoms with Gasteiger partial charge in [0.2, 0.25) is 0 Å². The maximum Gasteiger partial charge on any atom is 0.252 e. The molecule has 0 spiro atoms. The van der Waals surface area contributed by atoms with Crippen LogP contribution in [0.1, 0.15) is 114 Å². The van der Waals surface area contributed by atoms with Gasteiger partial charge < -0.3 is 9.80 Å². The first-order chi connectivity index (χ1) is 27.4. The largest absolute Gasteiger partial charge is 0.311 e. The normalized spacial score (nSPS) is 18.8. The Morgan fingerprint density at radius 2 is 1.02 bits per heavy atom. The van der Waals surface area contributed by atoms with E-state index in [1.807, 2.05) is 11.3 Å². The van der Waals surface area contributed by atoms with Crippen LogP contribution in [0.3, 0.4) is 0 Å². The third-order valence-electron chi connectivity index (χ3n) is 15.0. The zero-order chi connectivity index (χ0) is 40.4. The van der Waals surface area contributed by atoms with E-state index >= 15 is 0 Å². The van der Waals surface area contributed by atoms with Gasteiger partial charge in [-0.3, -0.25) is 0 Å². The number of aryl methyl sites for hydroxylation is 3. The smallest absolute Gasteiger partial charge is 0.252 e. The van der Waals surface area contributed by atoms with E-state index in [1.165, 1.54) is 122 Å². The average molecular weight is 775 g/mol. The molecule has 2 aliphatic heterocycles. The van der Waals surface area contributed by atoms with Crippen molar-refractivity contribution in [1.29, 1.82) is 0 Å². The minimum atomic E-state index is 0.0732. The molecule has 0 bridgehead atoms. The van der Waals surface area contributed by atoms with Gasteiger partial charge in [0.15, 0.2) is 0 Å². The second-order valence-electron chi connectivity index (χ2n) is 21.0. The van der Waals surface area contributed by atoms with Crippen molar-refractivity contribution in [3.63, 3.8) is 0 Å². The summed E-state index contributed by atoms with van der Waals surface area (Å²) in [6, 6.07) is 38.6. The van der Waals surface area contributed by atoms with Gasteiger partial charge in [0.25, 0.3) is 6.71 Å². The van der Waals surface area contributed by atoms with Crippen molar-refractivity contribution in [2.24, 2.45) is 0 Å². The molecule has 1 aromatic heterocycles. The van der Waals surface area contributed by atoms with Gasteiger partial charge in [-0.05, 0) is 166 Å². The van der Waals surface area contributed by atoms with E-state index in [0.717, 1.165) is 6.42 Å². The van der Waals surface area contributed by atoms with Crippen LogP contribution in [0.15, 0.2) is 97.1 Å². The highest BCUT2D eigenvalue weighted by molar-refractivity contribution is 7.26. The molecule has 0 N–H and O–H groups in total. The molecule has 0 atom stereocenters. The lowest BCUT2D eigenvalue weighted by Gasteiger charge is -2.46. The Bertz CT molecular complexity index is 2940. The van der Waals surface area contributed by atoms with E-state index in [0.29, 0.717) is 0 Å². The zero-order valence-corrected chi connectivity index (χ0v) is 37.1. The summed E-state index contributed by atoms with van der Waals surface area (Å²) in [6.45, 7) is 26.8. The molecule has 58 heavy (non-hydrogen) atoms. The van der Waals surface area contributed by atoms with Crippen LogP contribution in [0.5, 0.6) is 0 Å². The number of hydrogen-bond donors (Lipinski definition) is 0. The number of para-hydroxylation sites is 1. The lowest BCUT2D eigenvalue weighted by Crippen LogP contribution is -2.61. The van der Waals surface area contributed by atoms with Crippen LogP contribution in [0, 0.1) is 20.8 Å². The molecule has 290 valence electrons. The predicted octanol–water partition coefficient (Wildman–Crippen LogP) is 13.4. The van der Waals surface area contributed by atoms with Crippen molar-refractivity contribution in [2.45, 2.75) is 117 Å². The summed E-state index contributed by atoms with van der Waals surface area (Å²) in [5, 5.41) is 2.69. The lowest BCUT2D eigenvalue weighted by molar-refractivity contribution is 0.332. The van der Waals surface area contributed by atoms with E-state index in [4.69, 9.17) is 0 Å². The number of rotatable bonds is 2. The molecule has 11 rings (SSSR count). The molecule has 0 unspecified atom stereocenters. The number of hydrogen-bond acceptors (Lipinski definition) is 3. The fourth-order valence-electron chi connectivity index (χ4n) is 12.1. The Labute approximate surface area is 350 Å². The average Bonchev–Trinajstić information content (AvgIpc) is 3.61. The minimum Gasteiger partial charge on any atom is -0.311 e. The van der Waals surface area contributed by atoms with E-state index in [-0.39, 0.29) is 28.4 Å². The van der Waals surface area contributed by atoms with Gasteiger partial charge in [-0.2, -0.15) is 0 Å². The van der Waals surface area contributed by atoms with Crippen molar-refractivity contribution in [3.8, 4) is 0 Å². The standard InChI is InChI=1S/C54H55BN2S/c1-31-22-46-50-47(23-31)57(43-27-38-36(24-33(43)3)51(4,5)20-21-52(38,6)7)45-28-39-37(53(8,9)30-54(39,10)11)26-40(45)55(50)41-29-49-35(34-17-13-15-19-48(34)58-49)25-44(41)56(46)42-18-14-12-16-32(42)2/h12-19,22-29H,20-21,30H2,1-11H3. The topological polar surface area (TPSA) is 6.48 Å². The maximum absolute atomic E-state index is 2.71. The van der Waals surface area contributed by atoms with Gasteiger partial charge in [-0.25, -0.2) is 0 Å². The van der Waals surface area contributed by atoms with Gasteiger partial charge in [0, 0.05) is 54.3 Å². The quantitative estimate of drug-likeness (QED) is 0.161. The van der Waals surface area contributed by atoms with Crippen LogP contribution in [0.25, 0.3) is 20.2 Å². The third kappa shape index (κ3) is 4.91. The second kappa shape index (κ2) is 11.7. The van der Waals surface area contributed by atoms with Crippen molar-refractivity contribution in [2.75, 3.05) is 9.80 Å². The van der Waals surface area contributed by atoms with E-state index < -0.39 is 0 Å². The Morgan fingerprint density at radius 1 is 0.466 bits per heavy atom. The van der Waals surface area contributed by atoms with Gasteiger partial charge in [-0.15, -0.1) is 11.3 Å². The third-order valence-corrected chi connectivity index (χ3v) is 16.1. The molecule has 2 aliphatic carbocycles. The Hall–Kier alpha value is -4.80. The second-order valence-corrected chi connectivity index (χ2v) is 22.0. The molecule has 0 amide bonds. The number of benzene rings is 6. The zero-order valence-electron chi connectivity index (χ0n) is 36.2. The Morgan fingerprint density at radius 3 is 1.72 bits per heavy atom. The van der Waals surface area contributed by atoms with Gasteiger partial charge in [-0.1, -0.05) is 104 Å². The van der Waals surface area contributed by atoms with Crippen molar-refractivity contribution >= 4 is 88.7 Å². The molecule has 7 aromatic rings. The molecule has 4 heteroatoms. The number of anilines is 6. The fourth-order valence-corrected chi connectivity index (χ4v) is 13.2. The first-order valence-corrected chi connectivity index (χ1v) is 22.4. The first-order valence-electron chi connectivity index (χ1n) is 21.6. The van der Waals surface area contributed by atoms with Crippen LogP contribution in [-0.4, -0.2) is 6.71 Å². The van der Waals surface area contributed by atoms with Crippen LogP contribution < -0.4 is 26.2 Å². The van der Waals surface area contributed by atoms with Crippen molar-refractivity contribution in [1.82, 2.24) is 0 Å². The summed E-state index contributed by atoms with van der Waals surface area (Å²) >= 11 is 1.94. The first kappa shape index (κ1) is 36.3. The van der Waals surface area contributed by atoms with Crippen LogP contribution in [0.2, 0.25) is 0 Å². The summed E-state index contributed by atoms with van der Waals surface area (Å²) < 4.78 is 2.71. The monoisotopic (exact) mass is 774 g/mol. The Balaban J connectivity index is 1.29. The van der Waals surface area contributed by atoms with Crippen LogP contribution in [0.4, 0.5) is 34.1 Å². The summed E-state index contributed by atoms with van der Waals surface area (Å²) in [5.74, 6) is 0. The highest BCUT2D eigenvalue weighted by atomic mass is 32.1. The number of nitrogens with zero attached hydrogens (tertiary/aromatic N) is 2. The van der Waals surface area contributed by atoms with E-state index in [9.17, 15) is 0 Å². The minimum absolute atomic E-state index is 0.0732. The number of fused-ring (bicyclic) bond motifs is 9. The summed E-state index contributed by atoms with van der Waals surface area (Å²) in [6.07, 6.45) is 3.55. The summed E-state index contributed by atoms with van der Waals surface area (Å²) in [4.78, 5) is 5.33. The predicted molar refractivity (Wildman–Crippen MR) is 254 cm³/mol. The molecule has 6 aromatic carbocycles. The molecule has 2 nitrogen and oxygen atoms in total. The molecule has 0 radical (unpaired) electrons. The molecule has 0 saturated heterocycles. The van der Waals surface area contributed by atoms with Crippen molar-refractivity contribution in [3.05, 3.63) is 136 Å². The molecular weight excluding hydrogens is 719 g/mol. The fraction of sp³-hybridized carbons (Fsp3) is 0.333. The van der Waals surface area contributed by atoms with Gasteiger partial charge in [0.1, 0.15) is 0 Å². The molecule has 0 fully saturated rings. The van der Waals surface area contributed by atoms with Crippen LogP contribution >= 0.6 is 11.3 Å². The summed E-state index contributed by atoms with van der Waals surface area (Å²) in [7, 11) is 0. The Kier molecular flexibility index (Phi) is 7.32. The molecule has 0 saturated carbocycles. The molecular formula is C54H55BN2S. The molecule has 3 heterocycles. The lowest BCUT2D eigenvalue weighted by atomic mass is 9.33. The molecule has 4 aliphatic rings. The summed E-state index contributed by atoms with van der Waals surface area (Å²) in [5.41, 5.74) is 22.5. The van der Waals surface area contributed by atoms with Gasteiger partial charge in [0.05, 0.1) is 0 Å². The highest BCUT2D eigenvalue weighted by Crippen LogP contribution is 2.55. The number of thiophene rings is 1. The van der Waals surface area contributed by atoms with E-state index in [2.05, 4.69) is 183 Å².